The first-order valence-corrected chi connectivity index (χ1v) is 6.12. The summed E-state index contributed by atoms with van der Waals surface area (Å²) in [4.78, 5) is 0. The zero-order valence-corrected chi connectivity index (χ0v) is 9.93. The Morgan fingerprint density at radius 3 is 2.00 bits per heavy atom. The minimum atomic E-state index is -1.53. The lowest BCUT2D eigenvalue weighted by Gasteiger charge is -2.17. The first-order valence-electron chi connectivity index (χ1n) is 4.36. The van der Waals surface area contributed by atoms with E-state index in [-0.39, 0.29) is 6.29 Å². The molecule has 0 fully saturated rings. The Hall–Kier alpha value is -0.783. The normalized spacial score (nSPS) is 10.3. The third-order valence-corrected chi connectivity index (χ3v) is 3.52. The molecule has 0 aromatic rings. The van der Waals surface area contributed by atoms with Crippen molar-refractivity contribution in [1.82, 2.24) is 0 Å². The molecule has 0 radical (unpaired) electrons. The molecule has 0 saturated carbocycles. The van der Waals surface area contributed by atoms with E-state index in [1.165, 1.54) is 12.5 Å². The predicted molar refractivity (Wildman–Crippen MR) is 56.9 cm³/mol. The molecule has 0 unspecified atom stereocenters. The minimum Gasteiger partial charge on any atom is -0.463 e. The highest BCUT2D eigenvalue weighted by atomic mass is 28.3. The van der Waals surface area contributed by atoms with E-state index >= 15 is 0 Å². The number of rotatable bonds is 9. The summed E-state index contributed by atoms with van der Waals surface area (Å²) >= 11 is 0. The van der Waals surface area contributed by atoms with Gasteiger partial charge in [0.05, 0.1) is 12.5 Å². The lowest BCUT2D eigenvalue weighted by molar-refractivity contribution is -0.0627. The monoisotopic (exact) mass is 218 g/mol. The van der Waals surface area contributed by atoms with E-state index in [2.05, 4.69) is 13.2 Å². The van der Waals surface area contributed by atoms with Crippen molar-refractivity contribution in [2.75, 3.05) is 14.2 Å². The number of ether oxygens (including phenoxy) is 2. The van der Waals surface area contributed by atoms with Crippen molar-refractivity contribution in [3.63, 3.8) is 0 Å². The van der Waals surface area contributed by atoms with E-state index in [0.717, 1.165) is 6.04 Å². The molecule has 0 N–H and O–H groups in total. The maximum absolute atomic E-state index is 5.16. The highest BCUT2D eigenvalue weighted by Crippen LogP contribution is 2.08. The Bertz CT molecular complexity index is 149. The highest BCUT2D eigenvalue weighted by Gasteiger charge is 2.15. The average molecular weight is 218 g/mol. The second-order valence-electron chi connectivity index (χ2n) is 2.51. The van der Waals surface area contributed by atoms with Gasteiger partial charge in [0.1, 0.15) is 0 Å². The van der Waals surface area contributed by atoms with Crippen molar-refractivity contribution >= 4 is 9.28 Å². The van der Waals surface area contributed by atoms with Crippen LogP contribution in [0.25, 0.3) is 0 Å². The van der Waals surface area contributed by atoms with Crippen molar-refractivity contribution < 1.29 is 18.3 Å². The van der Waals surface area contributed by atoms with Crippen LogP contribution in [-0.4, -0.2) is 29.8 Å². The van der Waals surface area contributed by atoms with E-state index in [4.69, 9.17) is 18.3 Å². The number of hydrogen-bond acceptors (Lipinski definition) is 4. The van der Waals surface area contributed by atoms with Crippen LogP contribution in [0.1, 0.15) is 6.42 Å². The van der Waals surface area contributed by atoms with Gasteiger partial charge in [0.25, 0.3) is 0 Å². The van der Waals surface area contributed by atoms with Crippen LogP contribution in [0.5, 0.6) is 0 Å². The standard InChI is InChI=1S/C9H18O4Si/c1-5-12-9(13-6-2)7-8-14(10-3)11-4/h5-6,9,14H,1-2,7-8H2,3-4H3. The van der Waals surface area contributed by atoms with Crippen LogP contribution in [0.4, 0.5) is 0 Å². The van der Waals surface area contributed by atoms with Gasteiger partial charge in [-0.1, -0.05) is 13.2 Å². The van der Waals surface area contributed by atoms with Gasteiger partial charge in [-0.2, -0.15) is 0 Å². The van der Waals surface area contributed by atoms with Crippen LogP contribution in [-0.2, 0) is 18.3 Å². The van der Waals surface area contributed by atoms with Gasteiger partial charge < -0.3 is 18.3 Å². The minimum absolute atomic E-state index is 0.342. The van der Waals surface area contributed by atoms with Crippen molar-refractivity contribution in [3.8, 4) is 0 Å². The summed E-state index contributed by atoms with van der Waals surface area (Å²) < 4.78 is 20.5. The van der Waals surface area contributed by atoms with Gasteiger partial charge >= 0.3 is 9.28 Å². The van der Waals surface area contributed by atoms with Crippen LogP contribution >= 0.6 is 0 Å². The quantitative estimate of drug-likeness (QED) is 0.334. The second kappa shape index (κ2) is 8.80. The van der Waals surface area contributed by atoms with Gasteiger partial charge in [-0.25, -0.2) is 0 Å². The molecule has 0 spiro atoms. The first kappa shape index (κ1) is 13.2. The van der Waals surface area contributed by atoms with Crippen LogP contribution in [0, 0.1) is 0 Å². The van der Waals surface area contributed by atoms with Crippen LogP contribution in [0.2, 0.25) is 6.04 Å². The maximum Gasteiger partial charge on any atom is 0.321 e. The molecular formula is C9H18O4Si. The Morgan fingerprint density at radius 2 is 1.64 bits per heavy atom. The lowest BCUT2D eigenvalue weighted by atomic mass is 10.5. The summed E-state index contributed by atoms with van der Waals surface area (Å²) in [6.07, 6.45) is 3.07. The van der Waals surface area contributed by atoms with Gasteiger partial charge in [-0.15, -0.1) is 0 Å². The van der Waals surface area contributed by atoms with Crippen LogP contribution < -0.4 is 0 Å². The SMILES string of the molecule is C=COC(CC[SiH](OC)OC)OC=C. The summed E-state index contributed by atoms with van der Waals surface area (Å²) in [5, 5.41) is 0. The van der Waals surface area contributed by atoms with Gasteiger partial charge in [0.2, 0.25) is 6.29 Å². The molecule has 0 amide bonds. The van der Waals surface area contributed by atoms with E-state index < -0.39 is 9.28 Å². The zero-order chi connectivity index (χ0) is 10.8. The predicted octanol–water partition coefficient (Wildman–Crippen LogP) is 1.54. The Morgan fingerprint density at radius 1 is 1.14 bits per heavy atom. The molecule has 0 rings (SSSR count). The maximum atomic E-state index is 5.16. The van der Waals surface area contributed by atoms with Gasteiger partial charge in [0.15, 0.2) is 0 Å². The molecule has 0 bridgehead atoms. The Kier molecular flexibility index (Phi) is 8.31. The Balaban J connectivity index is 3.77. The molecule has 0 atom stereocenters. The fraction of sp³-hybridized carbons (Fsp3) is 0.556. The molecular weight excluding hydrogens is 200 g/mol. The largest absolute Gasteiger partial charge is 0.463 e. The van der Waals surface area contributed by atoms with Crippen molar-refractivity contribution in [3.05, 3.63) is 25.7 Å². The third-order valence-electron chi connectivity index (χ3n) is 1.66. The molecule has 5 heteroatoms. The fourth-order valence-corrected chi connectivity index (χ4v) is 2.20. The molecule has 14 heavy (non-hydrogen) atoms. The highest BCUT2D eigenvalue weighted by molar-refractivity contribution is 6.44. The third kappa shape index (κ3) is 5.79. The smallest absolute Gasteiger partial charge is 0.321 e. The fourth-order valence-electron chi connectivity index (χ4n) is 0.987. The molecule has 0 aliphatic heterocycles. The topological polar surface area (TPSA) is 36.9 Å². The van der Waals surface area contributed by atoms with E-state index in [1.807, 2.05) is 0 Å². The van der Waals surface area contributed by atoms with E-state index in [0.29, 0.717) is 6.42 Å². The molecule has 4 nitrogen and oxygen atoms in total. The average Bonchev–Trinajstić information content (AvgIpc) is 2.20. The van der Waals surface area contributed by atoms with E-state index in [1.54, 1.807) is 14.2 Å². The first-order chi connectivity index (χ1) is 6.78. The molecule has 0 aliphatic rings. The van der Waals surface area contributed by atoms with Gasteiger partial charge in [-0.3, -0.25) is 0 Å². The molecule has 0 aromatic carbocycles. The zero-order valence-electron chi connectivity index (χ0n) is 8.77. The Labute approximate surface area is 87.0 Å². The summed E-state index contributed by atoms with van der Waals surface area (Å²) in [6, 6.07) is 0.819. The van der Waals surface area contributed by atoms with Gasteiger partial charge in [-0.05, 0) is 6.04 Å². The van der Waals surface area contributed by atoms with Crippen LogP contribution in [0.3, 0.4) is 0 Å². The molecule has 82 valence electrons. The van der Waals surface area contributed by atoms with Gasteiger partial charge in [0, 0.05) is 20.6 Å². The van der Waals surface area contributed by atoms with Crippen molar-refractivity contribution in [2.45, 2.75) is 18.8 Å². The molecule has 0 saturated heterocycles. The molecule has 0 aliphatic carbocycles. The van der Waals surface area contributed by atoms with Crippen molar-refractivity contribution in [1.29, 1.82) is 0 Å². The second-order valence-corrected chi connectivity index (χ2v) is 4.89. The summed E-state index contributed by atoms with van der Waals surface area (Å²) in [7, 11) is 1.77. The number of hydrogen-bond donors (Lipinski definition) is 0. The summed E-state index contributed by atoms with van der Waals surface area (Å²) in [5.41, 5.74) is 0. The van der Waals surface area contributed by atoms with E-state index in [9.17, 15) is 0 Å². The molecule has 0 heterocycles. The van der Waals surface area contributed by atoms with Crippen LogP contribution in [0.15, 0.2) is 25.7 Å². The van der Waals surface area contributed by atoms with Crippen molar-refractivity contribution in [2.24, 2.45) is 0 Å². The molecule has 0 aromatic heterocycles. The summed E-state index contributed by atoms with van der Waals surface area (Å²) in [6.45, 7) is 6.92. The summed E-state index contributed by atoms with van der Waals surface area (Å²) in [5.74, 6) is 0. The lowest BCUT2D eigenvalue weighted by Crippen LogP contribution is -2.22.